The molecule has 0 unspecified atom stereocenters. The van der Waals surface area contributed by atoms with Crippen LogP contribution >= 0.6 is 7.60 Å². The molecule has 1 aliphatic carbocycles. The zero-order chi connectivity index (χ0) is 24.4. The maximum Gasteiger partial charge on any atom is 0.330 e. The molecule has 0 radical (unpaired) electrons. The number of anilines is 1. The summed E-state index contributed by atoms with van der Waals surface area (Å²) in [4.78, 5) is 11.5. The zero-order valence-electron chi connectivity index (χ0n) is 20.7. The van der Waals surface area contributed by atoms with Gasteiger partial charge in [0.25, 0.3) is 0 Å². The first kappa shape index (κ1) is 24.4. The van der Waals surface area contributed by atoms with Crippen LogP contribution in [0.15, 0.2) is 36.8 Å². The Labute approximate surface area is 207 Å². The molecule has 9 heteroatoms. The Hall–Kier alpha value is -2.25. The fourth-order valence-corrected chi connectivity index (χ4v) is 6.98. The van der Waals surface area contributed by atoms with Crippen LogP contribution < -0.4 is 5.73 Å². The second-order valence-electron chi connectivity index (χ2n) is 9.67. The normalized spacial score (nSPS) is 20.6. The SMILES string of the molecule is CCOP(=O)(CCc1cccc(-c2cn(C3CC(CN4CCC4)C3)c3ncnc(N)c23)c1)OCC. The van der Waals surface area contributed by atoms with Crippen LogP contribution in [-0.4, -0.2) is 58.4 Å². The summed E-state index contributed by atoms with van der Waals surface area (Å²) in [5.41, 5.74) is 10.5. The Kier molecular flexibility index (Phi) is 7.26. The Balaban J connectivity index is 1.38. The highest BCUT2D eigenvalue weighted by Crippen LogP contribution is 2.48. The number of aromatic nitrogens is 3. The highest BCUT2D eigenvalue weighted by atomic mass is 31.2. The lowest BCUT2D eigenvalue weighted by Crippen LogP contribution is -2.43. The van der Waals surface area contributed by atoms with Gasteiger partial charge < -0.3 is 24.2 Å². The molecule has 5 rings (SSSR count). The number of benzene rings is 1. The van der Waals surface area contributed by atoms with Gasteiger partial charge in [-0.15, -0.1) is 0 Å². The lowest BCUT2D eigenvalue weighted by molar-refractivity contribution is 0.0921. The third kappa shape index (κ3) is 5.17. The second kappa shape index (κ2) is 10.4. The maximum absolute atomic E-state index is 12.9. The number of nitrogens with zero attached hydrogens (tertiary/aromatic N) is 4. The van der Waals surface area contributed by atoms with Crippen LogP contribution in [-0.2, 0) is 20.0 Å². The molecule has 1 saturated carbocycles. The van der Waals surface area contributed by atoms with Crippen molar-refractivity contribution in [3.8, 4) is 11.1 Å². The molecule has 0 amide bonds. The summed E-state index contributed by atoms with van der Waals surface area (Å²) < 4.78 is 26.1. The van der Waals surface area contributed by atoms with Gasteiger partial charge in [-0.2, -0.15) is 0 Å². The molecule has 1 aromatic carbocycles. The van der Waals surface area contributed by atoms with Crippen LogP contribution in [0.3, 0.4) is 0 Å². The van der Waals surface area contributed by atoms with Crippen LogP contribution in [0.4, 0.5) is 5.82 Å². The highest BCUT2D eigenvalue weighted by Gasteiger charge is 2.34. The second-order valence-corrected chi connectivity index (χ2v) is 11.9. The van der Waals surface area contributed by atoms with Crippen molar-refractivity contribution in [3.63, 3.8) is 0 Å². The van der Waals surface area contributed by atoms with Crippen LogP contribution in [0.2, 0.25) is 0 Å². The van der Waals surface area contributed by atoms with Gasteiger partial charge in [-0.1, -0.05) is 24.3 Å². The third-order valence-electron chi connectivity index (χ3n) is 7.27. The number of rotatable bonds is 11. The van der Waals surface area contributed by atoms with E-state index in [1.807, 2.05) is 19.9 Å². The van der Waals surface area contributed by atoms with Crippen molar-refractivity contribution in [3.05, 3.63) is 42.4 Å². The average Bonchev–Trinajstić information content (AvgIpc) is 3.17. The van der Waals surface area contributed by atoms with Crippen molar-refractivity contribution in [1.82, 2.24) is 19.4 Å². The Morgan fingerprint density at radius 3 is 2.60 bits per heavy atom. The number of fused-ring (bicyclic) bond motifs is 1. The minimum absolute atomic E-state index is 0.353. The third-order valence-corrected chi connectivity index (χ3v) is 9.35. The van der Waals surface area contributed by atoms with Gasteiger partial charge in [-0.3, -0.25) is 4.57 Å². The molecular formula is C26H36N5O3P. The summed E-state index contributed by atoms with van der Waals surface area (Å²) in [5.74, 6) is 1.26. The van der Waals surface area contributed by atoms with Gasteiger partial charge in [0.15, 0.2) is 0 Å². The van der Waals surface area contributed by atoms with Gasteiger partial charge in [0.2, 0.25) is 0 Å². The monoisotopic (exact) mass is 497 g/mol. The van der Waals surface area contributed by atoms with E-state index in [2.05, 4.69) is 43.8 Å². The molecule has 2 fully saturated rings. The molecule has 35 heavy (non-hydrogen) atoms. The summed E-state index contributed by atoms with van der Waals surface area (Å²) >= 11 is 0. The fraction of sp³-hybridized carbons (Fsp3) is 0.538. The Bertz CT molecular complexity index is 1210. The van der Waals surface area contributed by atoms with Gasteiger partial charge in [0.1, 0.15) is 17.8 Å². The zero-order valence-corrected chi connectivity index (χ0v) is 21.6. The van der Waals surface area contributed by atoms with Crippen molar-refractivity contribution >= 4 is 24.4 Å². The molecule has 0 bridgehead atoms. The molecular weight excluding hydrogens is 461 g/mol. The Morgan fingerprint density at radius 2 is 1.91 bits per heavy atom. The first-order valence-electron chi connectivity index (χ1n) is 12.8. The topological polar surface area (TPSA) is 95.5 Å². The molecule has 2 aromatic heterocycles. The maximum atomic E-state index is 12.9. The van der Waals surface area contributed by atoms with Gasteiger partial charge in [-0.05, 0) is 69.7 Å². The number of hydrogen-bond acceptors (Lipinski definition) is 7. The minimum Gasteiger partial charge on any atom is -0.383 e. The molecule has 1 aliphatic heterocycles. The van der Waals surface area contributed by atoms with E-state index in [4.69, 9.17) is 14.8 Å². The quantitative estimate of drug-likeness (QED) is 0.366. The van der Waals surface area contributed by atoms with E-state index in [1.54, 1.807) is 6.33 Å². The van der Waals surface area contributed by atoms with E-state index in [0.717, 1.165) is 33.6 Å². The van der Waals surface area contributed by atoms with Crippen LogP contribution in [0.5, 0.6) is 0 Å². The van der Waals surface area contributed by atoms with Crippen LogP contribution in [0.1, 0.15) is 44.7 Å². The lowest BCUT2D eigenvalue weighted by Gasteiger charge is -2.42. The van der Waals surface area contributed by atoms with Gasteiger partial charge >= 0.3 is 7.60 Å². The predicted octanol–water partition coefficient (Wildman–Crippen LogP) is 5.15. The van der Waals surface area contributed by atoms with Crippen LogP contribution in [0.25, 0.3) is 22.2 Å². The summed E-state index contributed by atoms with van der Waals surface area (Å²) in [6.45, 7) is 8.14. The molecule has 1 saturated heterocycles. The molecule has 0 atom stereocenters. The summed E-state index contributed by atoms with van der Waals surface area (Å²) in [6.07, 6.45) is 8.41. The summed E-state index contributed by atoms with van der Waals surface area (Å²) in [6, 6.07) is 8.76. The molecule has 0 spiro atoms. The number of nitrogens with two attached hydrogens (primary N) is 1. The summed E-state index contributed by atoms with van der Waals surface area (Å²) in [7, 11) is -3.09. The van der Waals surface area contributed by atoms with Gasteiger partial charge in [0.05, 0.1) is 24.8 Å². The average molecular weight is 498 g/mol. The number of hydrogen-bond donors (Lipinski definition) is 1. The van der Waals surface area contributed by atoms with Crippen molar-refractivity contribution in [2.45, 2.75) is 45.6 Å². The lowest BCUT2D eigenvalue weighted by atomic mass is 9.79. The van der Waals surface area contributed by atoms with E-state index in [0.29, 0.717) is 37.7 Å². The van der Waals surface area contributed by atoms with Crippen molar-refractivity contribution < 1.29 is 13.6 Å². The van der Waals surface area contributed by atoms with Crippen LogP contribution in [0, 0.1) is 5.92 Å². The molecule has 3 heterocycles. The molecule has 2 aliphatic rings. The molecule has 2 N–H and O–H groups in total. The fourth-order valence-electron chi connectivity index (χ4n) is 5.33. The smallest absolute Gasteiger partial charge is 0.330 e. The van der Waals surface area contributed by atoms with E-state index in [1.165, 1.54) is 38.9 Å². The van der Waals surface area contributed by atoms with Gasteiger partial charge in [-0.25, -0.2) is 9.97 Å². The van der Waals surface area contributed by atoms with E-state index in [9.17, 15) is 4.57 Å². The molecule has 8 nitrogen and oxygen atoms in total. The van der Waals surface area contributed by atoms with Crippen molar-refractivity contribution in [1.29, 1.82) is 0 Å². The first-order valence-corrected chi connectivity index (χ1v) is 14.5. The molecule has 188 valence electrons. The minimum atomic E-state index is -3.09. The predicted molar refractivity (Wildman–Crippen MR) is 140 cm³/mol. The number of likely N-dealkylation sites (tertiary alicyclic amines) is 1. The van der Waals surface area contributed by atoms with Gasteiger partial charge in [0, 0.05) is 24.3 Å². The van der Waals surface area contributed by atoms with E-state index in [-0.39, 0.29) is 0 Å². The molecule has 3 aromatic rings. The standard InChI is InChI=1S/C26H36N5O3P/c1-3-33-35(32,34-4-2)12-9-19-7-5-8-21(13-19)23-17-31(26-24(23)25(27)28-18-29-26)22-14-20(15-22)16-30-10-6-11-30/h5,7-8,13,17-18,20,22H,3-4,6,9-12,14-16H2,1-2H3,(H2,27,28,29). The van der Waals surface area contributed by atoms with Crippen molar-refractivity contribution in [2.75, 3.05) is 44.7 Å². The number of nitrogen functional groups attached to an aromatic ring is 1. The summed E-state index contributed by atoms with van der Waals surface area (Å²) in [5, 5.41) is 0.908. The van der Waals surface area contributed by atoms with E-state index >= 15 is 0 Å². The highest BCUT2D eigenvalue weighted by molar-refractivity contribution is 7.53. The van der Waals surface area contributed by atoms with Crippen molar-refractivity contribution in [2.24, 2.45) is 5.92 Å². The van der Waals surface area contributed by atoms with E-state index < -0.39 is 7.60 Å². The number of aryl methyl sites for hydroxylation is 1. The Morgan fingerprint density at radius 1 is 1.14 bits per heavy atom. The largest absolute Gasteiger partial charge is 0.383 e. The first-order chi connectivity index (χ1) is 17.0.